The lowest BCUT2D eigenvalue weighted by atomic mass is 10.1. The number of ether oxygens (including phenoxy) is 4. The van der Waals surface area contributed by atoms with Gasteiger partial charge in [0.25, 0.3) is 0 Å². The van der Waals surface area contributed by atoms with Gasteiger partial charge in [-0.25, -0.2) is 4.79 Å². The first kappa shape index (κ1) is 23.0. The van der Waals surface area contributed by atoms with E-state index in [9.17, 15) is 9.36 Å². The molecule has 0 aliphatic carbocycles. The standard InChI is InChI=1S/C18H27O8P/c1-7-24-18(19)16(27(20,25-8-2)26-9-3)12-13-10-14(21-4)17(23-6)15(11-13)22-5/h10-12H,7-9H2,1-6H3/b16-12+. The summed E-state index contributed by atoms with van der Waals surface area (Å²) in [6.45, 7) is 5.29. The number of esters is 1. The molecule has 0 fully saturated rings. The zero-order chi connectivity index (χ0) is 20.4. The molecule has 8 nitrogen and oxygen atoms in total. The molecule has 0 radical (unpaired) electrons. The normalized spacial score (nSPS) is 11.9. The monoisotopic (exact) mass is 402 g/mol. The lowest BCUT2D eigenvalue weighted by Crippen LogP contribution is -2.11. The number of benzene rings is 1. The van der Waals surface area contributed by atoms with Crippen molar-refractivity contribution in [2.75, 3.05) is 41.2 Å². The summed E-state index contributed by atoms with van der Waals surface area (Å²) in [5.74, 6) is 0.382. The van der Waals surface area contributed by atoms with Crippen molar-refractivity contribution in [1.82, 2.24) is 0 Å². The van der Waals surface area contributed by atoms with Crippen LogP contribution in [0.25, 0.3) is 6.08 Å². The van der Waals surface area contributed by atoms with Crippen molar-refractivity contribution in [3.63, 3.8) is 0 Å². The molecule has 1 aromatic carbocycles. The highest BCUT2D eigenvalue weighted by atomic mass is 31.2. The number of rotatable bonds is 11. The molecule has 0 bridgehead atoms. The minimum absolute atomic E-state index is 0.100. The van der Waals surface area contributed by atoms with E-state index in [0.717, 1.165) is 0 Å². The van der Waals surface area contributed by atoms with Crippen molar-refractivity contribution >= 4 is 19.6 Å². The first-order valence-corrected chi connectivity index (χ1v) is 10.0. The van der Waals surface area contributed by atoms with Gasteiger partial charge in [-0.3, -0.25) is 4.57 Å². The van der Waals surface area contributed by atoms with Crippen LogP contribution in [0, 0.1) is 0 Å². The number of hydrogen-bond acceptors (Lipinski definition) is 8. The molecule has 0 atom stereocenters. The summed E-state index contributed by atoms with van der Waals surface area (Å²) >= 11 is 0. The van der Waals surface area contributed by atoms with Crippen molar-refractivity contribution < 1.29 is 37.4 Å². The van der Waals surface area contributed by atoms with Gasteiger partial charge in [-0.05, 0) is 44.5 Å². The third-order valence-corrected chi connectivity index (χ3v) is 5.47. The zero-order valence-electron chi connectivity index (χ0n) is 16.6. The average Bonchev–Trinajstić information content (AvgIpc) is 2.65. The molecule has 9 heteroatoms. The summed E-state index contributed by atoms with van der Waals surface area (Å²) in [7, 11) is 0.560. The van der Waals surface area contributed by atoms with E-state index in [-0.39, 0.29) is 25.1 Å². The van der Waals surface area contributed by atoms with E-state index in [1.165, 1.54) is 27.4 Å². The molecule has 0 heterocycles. The third kappa shape index (κ3) is 5.73. The molecule has 0 unspecified atom stereocenters. The second-order valence-electron chi connectivity index (χ2n) is 5.04. The summed E-state index contributed by atoms with van der Waals surface area (Å²) in [5, 5.41) is -0.206. The Morgan fingerprint density at radius 3 is 1.81 bits per heavy atom. The van der Waals surface area contributed by atoms with Crippen LogP contribution in [0.15, 0.2) is 17.4 Å². The number of methoxy groups -OCH3 is 3. The molecule has 0 aliphatic rings. The van der Waals surface area contributed by atoms with Crippen LogP contribution in [0.1, 0.15) is 26.3 Å². The van der Waals surface area contributed by atoms with Gasteiger partial charge in [-0.1, -0.05) is 0 Å². The fourth-order valence-electron chi connectivity index (χ4n) is 2.31. The Hall–Kier alpha value is -2.02. The molecular formula is C18H27O8P. The van der Waals surface area contributed by atoms with Crippen molar-refractivity contribution in [1.29, 1.82) is 0 Å². The van der Waals surface area contributed by atoms with Gasteiger partial charge in [0.1, 0.15) is 5.31 Å². The molecule has 0 spiro atoms. The van der Waals surface area contributed by atoms with Crippen LogP contribution in [0.3, 0.4) is 0 Å². The average molecular weight is 402 g/mol. The van der Waals surface area contributed by atoms with Gasteiger partial charge >= 0.3 is 13.6 Å². The first-order valence-electron chi connectivity index (χ1n) is 8.49. The Bertz CT molecular complexity index is 678. The second kappa shape index (κ2) is 11.0. The summed E-state index contributed by atoms with van der Waals surface area (Å²) < 4.78 is 44.7. The van der Waals surface area contributed by atoms with Gasteiger partial charge in [0.2, 0.25) is 5.75 Å². The summed E-state index contributed by atoms with van der Waals surface area (Å²) in [6, 6.07) is 3.23. The van der Waals surface area contributed by atoms with E-state index in [1.807, 2.05) is 0 Å². The molecule has 0 N–H and O–H groups in total. The highest BCUT2D eigenvalue weighted by Gasteiger charge is 2.36. The topological polar surface area (TPSA) is 89.5 Å². The van der Waals surface area contributed by atoms with Crippen LogP contribution in [-0.4, -0.2) is 47.1 Å². The third-order valence-electron chi connectivity index (χ3n) is 3.37. The largest absolute Gasteiger partial charge is 0.493 e. The highest BCUT2D eigenvalue weighted by Crippen LogP contribution is 2.57. The maximum Gasteiger partial charge on any atom is 0.368 e. The van der Waals surface area contributed by atoms with Crippen molar-refractivity contribution in [3.05, 3.63) is 23.0 Å². The number of carbonyl (C=O) groups excluding carboxylic acids is 1. The van der Waals surface area contributed by atoms with E-state index in [0.29, 0.717) is 22.8 Å². The molecular weight excluding hydrogens is 375 g/mol. The fraction of sp³-hybridized carbons (Fsp3) is 0.500. The minimum Gasteiger partial charge on any atom is -0.493 e. The molecule has 152 valence electrons. The number of hydrogen-bond donors (Lipinski definition) is 0. The molecule has 1 aromatic rings. The fourth-order valence-corrected chi connectivity index (χ4v) is 3.94. The van der Waals surface area contributed by atoms with Crippen molar-refractivity contribution in [3.8, 4) is 17.2 Å². The first-order chi connectivity index (χ1) is 12.9. The summed E-state index contributed by atoms with van der Waals surface area (Å²) in [6.07, 6.45) is 1.38. The van der Waals surface area contributed by atoms with E-state index in [1.54, 1.807) is 32.9 Å². The Balaban J connectivity index is 3.60. The maximum absolute atomic E-state index is 13.2. The Morgan fingerprint density at radius 1 is 0.926 bits per heavy atom. The van der Waals surface area contributed by atoms with E-state index < -0.39 is 13.6 Å². The maximum atomic E-state index is 13.2. The van der Waals surface area contributed by atoms with Crippen molar-refractivity contribution in [2.45, 2.75) is 20.8 Å². The summed E-state index contributed by atoms with van der Waals surface area (Å²) in [5.41, 5.74) is 0.479. The van der Waals surface area contributed by atoms with Crippen LogP contribution >= 0.6 is 7.60 Å². The van der Waals surface area contributed by atoms with E-state index >= 15 is 0 Å². The minimum atomic E-state index is -3.87. The van der Waals surface area contributed by atoms with Gasteiger partial charge in [0, 0.05) is 0 Å². The predicted octanol–water partition coefficient (Wildman–Crippen LogP) is 3.88. The van der Waals surface area contributed by atoms with Crippen molar-refractivity contribution in [2.24, 2.45) is 0 Å². The lowest BCUT2D eigenvalue weighted by molar-refractivity contribution is -0.137. The molecule has 0 aromatic heterocycles. The Labute approximate surface area is 159 Å². The van der Waals surface area contributed by atoms with Crippen LogP contribution < -0.4 is 14.2 Å². The van der Waals surface area contributed by atoms with Gasteiger partial charge in [-0.15, -0.1) is 0 Å². The number of carbonyl (C=O) groups is 1. The predicted molar refractivity (Wildman–Crippen MR) is 102 cm³/mol. The van der Waals surface area contributed by atoms with Crippen LogP contribution in [0.5, 0.6) is 17.2 Å². The van der Waals surface area contributed by atoms with Gasteiger partial charge < -0.3 is 28.0 Å². The molecule has 0 aliphatic heterocycles. The van der Waals surface area contributed by atoms with Crippen LogP contribution in [0.4, 0.5) is 0 Å². The Morgan fingerprint density at radius 2 is 1.44 bits per heavy atom. The van der Waals surface area contributed by atoms with Crippen LogP contribution in [0.2, 0.25) is 0 Å². The summed E-state index contributed by atoms with van der Waals surface area (Å²) in [4.78, 5) is 12.5. The van der Waals surface area contributed by atoms with E-state index in [2.05, 4.69) is 0 Å². The lowest BCUT2D eigenvalue weighted by Gasteiger charge is -2.19. The van der Waals surface area contributed by atoms with Gasteiger partial charge in [0.05, 0.1) is 41.2 Å². The molecule has 1 rings (SSSR count). The SMILES string of the molecule is CCOC(=O)/C(=C\c1cc(OC)c(OC)c(OC)c1)P(=O)(OCC)OCC. The molecule has 0 saturated heterocycles. The van der Waals surface area contributed by atoms with Gasteiger partial charge in [0.15, 0.2) is 11.5 Å². The molecule has 27 heavy (non-hydrogen) atoms. The highest BCUT2D eigenvalue weighted by molar-refractivity contribution is 7.60. The zero-order valence-corrected chi connectivity index (χ0v) is 17.5. The molecule has 0 saturated carbocycles. The smallest absolute Gasteiger partial charge is 0.368 e. The molecule has 0 amide bonds. The van der Waals surface area contributed by atoms with Gasteiger partial charge in [-0.2, -0.15) is 0 Å². The Kier molecular flexibility index (Phi) is 9.35. The van der Waals surface area contributed by atoms with Crippen LogP contribution in [-0.2, 0) is 23.1 Å². The second-order valence-corrected chi connectivity index (χ2v) is 7.03. The van der Waals surface area contributed by atoms with E-state index in [4.69, 9.17) is 28.0 Å². The quantitative estimate of drug-likeness (QED) is 0.313.